The Morgan fingerprint density at radius 3 is 2.71 bits per heavy atom. The number of hydrogen-bond donors (Lipinski definition) is 1. The molecule has 1 unspecified atom stereocenters. The molecule has 0 saturated heterocycles. The smallest absolute Gasteiger partial charge is 0.143 e. The Labute approximate surface area is 133 Å². The van der Waals surface area contributed by atoms with Gasteiger partial charge in [-0.15, -0.1) is 0 Å². The minimum absolute atomic E-state index is 0.0795. The van der Waals surface area contributed by atoms with E-state index in [0.29, 0.717) is 22.9 Å². The lowest BCUT2D eigenvalue weighted by Gasteiger charge is -2.37. The highest BCUT2D eigenvalue weighted by atomic mass is 79.9. The second kappa shape index (κ2) is 7.65. The fraction of sp³-hybridized carbons (Fsp3) is 0.625. The molecule has 2 nitrogen and oxygen atoms in total. The number of rotatable bonds is 7. The summed E-state index contributed by atoms with van der Waals surface area (Å²) in [4.78, 5) is 0. The summed E-state index contributed by atoms with van der Waals surface area (Å²) in [5.41, 5.74) is 0.157. The van der Waals surface area contributed by atoms with Crippen molar-refractivity contribution in [3.05, 3.63) is 33.8 Å². The van der Waals surface area contributed by atoms with E-state index in [1.165, 1.54) is 12.1 Å². The minimum atomic E-state index is -0.490. The quantitative estimate of drug-likeness (QED) is 0.739. The summed E-state index contributed by atoms with van der Waals surface area (Å²) in [7, 11) is 1.84. The molecule has 0 aliphatic heterocycles. The van der Waals surface area contributed by atoms with Crippen LogP contribution in [-0.2, 0) is 11.2 Å². The van der Waals surface area contributed by atoms with Gasteiger partial charge in [-0.3, -0.25) is 0 Å². The van der Waals surface area contributed by atoms with E-state index in [-0.39, 0.29) is 11.6 Å². The number of nitrogens with one attached hydrogen (secondary N) is 1. The molecule has 0 spiro atoms. The summed E-state index contributed by atoms with van der Waals surface area (Å²) in [5, 5.41) is 3.18. The van der Waals surface area contributed by atoms with Crippen LogP contribution in [0.1, 0.15) is 31.7 Å². The normalized spacial score (nSPS) is 22.9. The van der Waals surface area contributed by atoms with Gasteiger partial charge in [-0.25, -0.2) is 8.78 Å². The highest BCUT2D eigenvalue weighted by Crippen LogP contribution is 2.34. The highest BCUT2D eigenvalue weighted by Gasteiger charge is 2.31. The van der Waals surface area contributed by atoms with Gasteiger partial charge >= 0.3 is 0 Å². The zero-order chi connectivity index (χ0) is 15.4. The van der Waals surface area contributed by atoms with Crippen molar-refractivity contribution in [2.45, 2.75) is 44.8 Å². The molecular weight excluding hydrogens is 340 g/mol. The lowest BCUT2D eigenvalue weighted by atomic mass is 9.77. The first-order valence-electron chi connectivity index (χ1n) is 7.46. The standard InChI is InChI=1S/C16H22BrF2NO/c1-3-21-12-7-10(8-12)6-11(20-2)9-13-15(18)5-4-14(17)16(13)19/h4-5,10-12,20H,3,6-9H2,1-2H3. The van der Waals surface area contributed by atoms with E-state index in [1.54, 1.807) is 0 Å². The maximum absolute atomic E-state index is 14.0. The minimum Gasteiger partial charge on any atom is -0.378 e. The zero-order valence-electron chi connectivity index (χ0n) is 12.5. The second-order valence-electron chi connectivity index (χ2n) is 5.66. The molecule has 0 amide bonds. The lowest BCUT2D eigenvalue weighted by Crippen LogP contribution is -2.38. The molecule has 0 bridgehead atoms. The van der Waals surface area contributed by atoms with Crippen molar-refractivity contribution in [2.75, 3.05) is 13.7 Å². The van der Waals surface area contributed by atoms with Crippen molar-refractivity contribution in [1.29, 1.82) is 0 Å². The largest absolute Gasteiger partial charge is 0.378 e. The molecule has 5 heteroatoms. The van der Waals surface area contributed by atoms with Gasteiger partial charge in [0.1, 0.15) is 11.6 Å². The van der Waals surface area contributed by atoms with Gasteiger partial charge in [0.05, 0.1) is 10.6 Å². The molecular formula is C16H22BrF2NO. The van der Waals surface area contributed by atoms with Crippen LogP contribution in [0.25, 0.3) is 0 Å². The SMILES string of the molecule is CCOC1CC(CC(Cc2c(F)ccc(Br)c2F)NC)C1. The predicted molar refractivity (Wildman–Crippen MR) is 83.4 cm³/mol. The van der Waals surface area contributed by atoms with E-state index in [9.17, 15) is 8.78 Å². The predicted octanol–water partition coefficient (Wildman–Crippen LogP) is 4.06. The van der Waals surface area contributed by atoms with Crippen LogP contribution in [0, 0.1) is 17.6 Å². The van der Waals surface area contributed by atoms with Gasteiger partial charge in [0, 0.05) is 18.2 Å². The third kappa shape index (κ3) is 4.24. The van der Waals surface area contributed by atoms with Crippen LogP contribution in [0.5, 0.6) is 0 Å². The Kier molecular flexibility index (Phi) is 6.14. The van der Waals surface area contributed by atoms with Crippen LogP contribution in [-0.4, -0.2) is 25.8 Å². The van der Waals surface area contributed by atoms with Crippen LogP contribution in [0.15, 0.2) is 16.6 Å². The van der Waals surface area contributed by atoms with E-state index >= 15 is 0 Å². The molecule has 118 valence electrons. The van der Waals surface area contributed by atoms with E-state index in [0.717, 1.165) is 25.9 Å². The molecule has 1 aromatic rings. The van der Waals surface area contributed by atoms with E-state index in [1.807, 2.05) is 14.0 Å². The average molecular weight is 362 g/mol. The van der Waals surface area contributed by atoms with Crippen molar-refractivity contribution in [1.82, 2.24) is 5.32 Å². The molecule has 1 aromatic carbocycles. The van der Waals surface area contributed by atoms with Gasteiger partial charge in [-0.05, 0) is 73.6 Å². The number of ether oxygens (including phenoxy) is 1. The second-order valence-corrected chi connectivity index (χ2v) is 6.52. The van der Waals surface area contributed by atoms with Gasteiger partial charge in [0.15, 0.2) is 0 Å². The van der Waals surface area contributed by atoms with Gasteiger partial charge in [-0.1, -0.05) is 0 Å². The summed E-state index contributed by atoms with van der Waals surface area (Å²) in [6, 6.07) is 2.79. The average Bonchev–Trinajstić information content (AvgIpc) is 2.43. The molecule has 1 aliphatic rings. The molecule has 2 rings (SSSR count). The van der Waals surface area contributed by atoms with Crippen molar-refractivity contribution in [2.24, 2.45) is 5.92 Å². The van der Waals surface area contributed by atoms with Crippen molar-refractivity contribution >= 4 is 15.9 Å². The summed E-state index contributed by atoms with van der Waals surface area (Å²) in [6.07, 6.45) is 3.76. The number of likely N-dealkylation sites (N-methyl/N-ethyl adjacent to an activating group) is 1. The summed E-state index contributed by atoms with van der Waals surface area (Å²) < 4.78 is 33.7. The topological polar surface area (TPSA) is 21.3 Å². The molecule has 1 atom stereocenters. The van der Waals surface area contributed by atoms with E-state index in [4.69, 9.17) is 4.74 Å². The van der Waals surface area contributed by atoms with E-state index < -0.39 is 11.6 Å². The Morgan fingerprint density at radius 1 is 1.38 bits per heavy atom. The van der Waals surface area contributed by atoms with Crippen LogP contribution in [0.3, 0.4) is 0 Å². The van der Waals surface area contributed by atoms with Crippen molar-refractivity contribution in [3.63, 3.8) is 0 Å². The van der Waals surface area contributed by atoms with Crippen molar-refractivity contribution in [3.8, 4) is 0 Å². The van der Waals surface area contributed by atoms with Gasteiger partial charge in [0.2, 0.25) is 0 Å². The van der Waals surface area contributed by atoms with E-state index in [2.05, 4.69) is 21.2 Å². The Hall–Kier alpha value is -0.520. The van der Waals surface area contributed by atoms with Crippen LogP contribution >= 0.6 is 15.9 Å². The van der Waals surface area contributed by atoms with Crippen LogP contribution in [0.4, 0.5) is 8.78 Å². The van der Waals surface area contributed by atoms with Crippen LogP contribution < -0.4 is 5.32 Å². The Bertz CT molecular complexity index is 478. The summed E-state index contributed by atoms with van der Waals surface area (Å²) >= 11 is 3.11. The highest BCUT2D eigenvalue weighted by molar-refractivity contribution is 9.10. The molecule has 0 radical (unpaired) electrons. The molecule has 1 aliphatic carbocycles. The zero-order valence-corrected chi connectivity index (χ0v) is 14.1. The molecule has 1 N–H and O–H groups in total. The third-order valence-electron chi connectivity index (χ3n) is 4.21. The first-order chi connectivity index (χ1) is 10.0. The Balaban J connectivity index is 1.93. The fourth-order valence-corrected chi connectivity index (χ4v) is 3.32. The third-order valence-corrected chi connectivity index (χ3v) is 4.82. The Morgan fingerprint density at radius 2 is 2.10 bits per heavy atom. The monoisotopic (exact) mass is 361 g/mol. The van der Waals surface area contributed by atoms with Gasteiger partial charge in [-0.2, -0.15) is 0 Å². The maximum Gasteiger partial charge on any atom is 0.143 e. The number of halogens is 3. The van der Waals surface area contributed by atoms with Crippen LogP contribution in [0.2, 0.25) is 0 Å². The first kappa shape index (κ1) is 16.8. The lowest BCUT2D eigenvalue weighted by molar-refractivity contribution is -0.0288. The first-order valence-corrected chi connectivity index (χ1v) is 8.25. The molecule has 0 heterocycles. The van der Waals surface area contributed by atoms with Gasteiger partial charge < -0.3 is 10.1 Å². The fourth-order valence-electron chi connectivity index (χ4n) is 2.95. The number of hydrogen-bond acceptors (Lipinski definition) is 2. The number of benzene rings is 1. The molecule has 21 heavy (non-hydrogen) atoms. The maximum atomic E-state index is 14.0. The van der Waals surface area contributed by atoms with Crippen molar-refractivity contribution < 1.29 is 13.5 Å². The summed E-state index contributed by atoms with van der Waals surface area (Å²) in [6.45, 7) is 2.75. The van der Waals surface area contributed by atoms with Gasteiger partial charge in [0.25, 0.3) is 0 Å². The molecule has 0 aromatic heterocycles. The summed E-state index contributed by atoms with van der Waals surface area (Å²) in [5.74, 6) is -0.384. The molecule has 1 fully saturated rings. The molecule has 1 saturated carbocycles.